The van der Waals surface area contributed by atoms with E-state index in [9.17, 15) is 9.59 Å². The summed E-state index contributed by atoms with van der Waals surface area (Å²) in [5.41, 5.74) is 1.44. The third-order valence-corrected chi connectivity index (χ3v) is 6.34. The van der Waals surface area contributed by atoms with E-state index in [0.29, 0.717) is 23.1 Å². The first kappa shape index (κ1) is 22.3. The summed E-state index contributed by atoms with van der Waals surface area (Å²) in [4.78, 5) is 32.1. The molecular formula is C24H24ClN3O3S. The molecule has 0 radical (unpaired) electrons. The van der Waals surface area contributed by atoms with Crippen molar-refractivity contribution < 1.29 is 14.3 Å². The van der Waals surface area contributed by atoms with Gasteiger partial charge in [0.25, 0.3) is 0 Å². The van der Waals surface area contributed by atoms with Gasteiger partial charge < -0.3 is 15.0 Å². The molecule has 1 saturated heterocycles. The first-order valence-electron chi connectivity index (χ1n) is 10.5. The van der Waals surface area contributed by atoms with E-state index in [0.717, 1.165) is 36.5 Å². The number of carbonyl (C=O) groups is 2. The number of rotatable bonds is 8. The van der Waals surface area contributed by atoms with Crippen molar-refractivity contribution in [3.8, 4) is 5.75 Å². The van der Waals surface area contributed by atoms with E-state index in [-0.39, 0.29) is 18.2 Å². The van der Waals surface area contributed by atoms with Crippen molar-refractivity contribution in [1.82, 2.24) is 15.2 Å². The summed E-state index contributed by atoms with van der Waals surface area (Å²) >= 11 is 7.32. The van der Waals surface area contributed by atoms with Gasteiger partial charge >= 0.3 is 0 Å². The fourth-order valence-electron chi connectivity index (χ4n) is 3.60. The number of hydrogen-bond acceptors (Lipinski definition) is 5. The Hall–Kier alpha value is -2.90. The quantitative estimate of drug-likeness (QED) is 0.530. The Balaban J connectivity index is 1.36. The van der Waals surface area contributed by atoms with Crippen molar-refractivity contribution in [2.24, 2.45) is 0 Å². The molecular weight excluding hydrogens is 446 g/mol. The van der Waals surface area contributed by atoms with Crippen molar-refractivity contribution in [1.29, 1.82) is 0 Å². The number of benzene rings is 2. The third-order valence-electron chi connectivity index (χ3n) is 5.22. The summed E-state index contributed by atoms with van der Waals surface area (Å²) in [6.45, 7) is 1.79. The van der Waals surface area contributed by atoms with Gasteiger partial charge in [0.2, 0.25) is 11.8 Å². The van der Waals surface area contributed by atoms with Crippen molar-refractivity contribution >= 4 is 34.8 Å². The number of nitrogens with one attached hydrogen (secondary N) is 1. The minimum atomic E-state index is -0.687. The van der Waals surface area contributed by atoms with E-state index >= 15 is 0 Å². The minimum Gasteiger partial charge on any atom is -0.486 e. The van der Waals surface area contributed by atoms with E-state index in [1.54, 1.807) is 24.3 Å². The summed E-state index contributed by atoms with van der Waals surface area (Å²) in [5, 5.41) is 6.19. The summed E-state index contributed by atoms with van der Waals surface area (Å²) in [5.74, 6) is 0.411. The molecule has 1 aromatic heterocycles. The standard InChI is InChI=1S/C24H24ClN3O3S/c25-18-8-10-20(11-9-18)31-15-22-26-19(16-32-22)14-21(29)27-23(17-6-2-1-3-7-17)24(30)28-12-4-5-13-28/h1-3,6-11,16,23H,4-5,12-15H2,(H,27,29)/t23-/m1/s1. The van der Waals surface area contributed by atoms with Crippen LogP contribution >= 0.6 is 22.9 Å². The molecule has 32 heavy (non-hydrogen) atoms. The van der Waals surface area contributed by atoms with E-state index in [2.05, 4.69) is 10.3 Å². The van der Waals surface area contributed by atoms with Crippen LogP contribution in [-0.2, 0) is 22.6 Å². The lowest BCUT2D eigenvalue weighted by molar-refractivity contribution is -0.135. The molecule has 0 unspecified atom stereocenters. The lowest BCUT2D eigenvalue weighted by Crippen LogP contribution is -2.42. The first-order chi connectivity index (χ1) is 15.6. The number of carbonyl (C=O) groups excluding carboxylic acids is 2. The SMILES string of the molecule is O=C(Cc1csc(COc2ccc(Cl)cc2)n1)N[C@@H](C(=O)N1CCCC1)c1ccccc1. The van der Waals surface area contributed by atoms with E-state index in [4.69, 9.17) is 16.3 Å². The predicted molar refractivity (Wildman–Crippen MR) is 125 cm³/mol. The Kier molecular flexibility index (Phi) is 7.39. The molecule has 0 aliphatic carbocycles. The molecule has 2 aromatic carbocycles. The van der Waals surface area contributed by atoms with Gasteiger partial charge in [-0.25, -0.2) is 4.98 Å². The molecule has 1 atom stereocenters. The van der Waals surface area contributed by atoms with Gasteiger partial charge in [0.1, 0.15) is 23.4 Å². The van der Waals surface area contributed by atoms with E-state index in [1.165, 1.54) is 11.3 Å². The van der Waals surface area contributed by atoms with Crippen LogP contribution in [-0.4, -0.2) is 34.8 Å². The number of nitrogens with zero attached hydrogens (tertiary/aromatic N) is 2. The van der Waals surface area contributed by atoms with Crippen LogP contribution in [0.2, 0.25) is 5.02 Å². The van der Waals surface area contributed by atoms with Gasteiger partial charge in [-0.15, -0.1) is 11.3 Å². The maximum absolute atomic E-state index is 13.1. The molecule has 1 aliphatic heterocycles. The second kappa shape index (κ2) is 10.6. The lowest BCUT2D eigenvalue weighted by atomic mass is 10.1. The number of thiazole rings is 1. The van der Waals surface area contributed by atoms with Gasteiger partial charge in [-0.05, 0) is 42.7 Å². The molecule has 3 aromatic rings. The smallest absolute Gasteiger partial charge is 0.249 e. The second-order valence-corrected chi connectivity index (χ2v) is 8.97. The minimum absolute atomic E-state index is 0.0580. The zero-order valence-corrected chi connectivity index (χ0v) is 19.1. The van der Waals surface area contributed by atoms with Gasteiger partial charge in [0.05, 0.1) is 12.1 Å². The second-order valence-electron chi connectivity index (χ2n) is 7.60. The summed E-state index contributed by atoms with van der Waals surface area (Å²) in [6, 6.07) is 15.8. The average Bonchev–Trinajstić information content (AvgIpc) is 3.50. The molecule has 6 nitrogen and oxygen atoms in total. The van der Waals surface area contributed by atoms with Crippen LogP contribution in [0.25, 0.3) is 0 Å². The predicted octanol–water partition coefficient (Wildman–Crippen LogP) is 4.40. The number of amides is 2. The molecule has 8 heteroatoms. The molecule has 0 bridgehead atoms. The van der Waals surface area contributed by atoms with Crippen LogP contribution < -0.4 is 10.1 Å². The molecule has 1 N–H and O–H groups in total. The van der Waals surface area contributed by atoms with Gasteiger partial charge in [-0.3, -0.25) is 9.59 Å². The van der Waals surface area contributed by atoms with Crippen LogP contribution in [0.3, 0.4) is 0 Å². The van der Waals surface area contributed by atoms with Crippen LogP contribution in [0, 0.1) is 0 Å². The molecule has 0 saturated carbocycles. The van der Waals surface area contributed by atoms with Gasteiger partial charge in [-0.1, -0.05) is 41.9 Å². The number of halogens is 1. The third kappa shape index (κ3) is 5.87. The van der Waals surface area contributed by atoms with Gasteiger partial charge in [0.15, 0.2) is 0 Å². The zero-order valence-electron chi connectivity index (χ0n) is 17.5. The van der Waals surface area contributed by atoms with Crippen LogP contribution in [0.1, 0.15) is 35.1 Å². The van der Waals surface area contributed by atoms with E-state index < -0.39 is 6.04 Å². The average molecular weight is 470 g/mol. The largest absolute Gasteiger partial charge is 0.486 e. The summed E-state index contributed by atoms with van der Waals surface area (Å²) in [6.07, 6.45) is 2.11. The maximum Gasteiger partial charge on any atom is 0.249 e. The topological polar surface area (TPSA) is 71.5 Å². The van der Waals surface area contributed by atoms with Crippen molar-refractivity contribution in [2.75, 3.05) is 13.1 Å². The monoisotopic (exact) mass is 469 g/mol. The molecule has 166 valence electrons. The highest BCUT2D eigenvalue weighted by molar-refractivity contribution is 7.09. The number of aromatic nitrogens is 1. The van der Waals surface area contributed by atoms with Gasteiger partial charge in [0, 0.05) is 23.5 Å². The number of ether oxygens (including phenoxy) is 1. The van der Waals surface area contributed by atoms with Crippen molar-refractivity contribution in [3.05, 3.63) is 81.3 Å². The van der Waals surface area contributed by atoms with Gasteiger partial charge in [-0.2, -0.15) is 0 Å². The fraction of sp³-hybridized carbons (Fsp3) is 0.292. The van der Waals surface area contributed by atoms with Crippen molar-refractivity contribution in [2.45, 2.75) is 31.9 Å². The Bertz CT molecular complexity index is 1050. The summed E-state index contributed by atoms with van der Waals surface area (Å²) in [7, 11) is 0. The molecule has 1 fully saturated rings. The highest BCUT2D eigenvalue weighted by Gasteiger charge is 2.29. The van der Waals surface area contributed by atoms with Crippen LogP contribution in [0.4, 0.5) is 0 Å². The van der Waals surface area contributed by atoms with E-state index in [1.807, 2.05) is 40.6 Å². The van der Waals surface area contributed by atoms with Crippen LogP contribution in [0.5, 0.6) is 5.75 Å². The molecule has 1 aliphatic rings. The number of likely N-dealkylation sites (tertiary alicyclic amines) is 1. The zero-order chi connectivity index (χ0) is 22.3. The Labute approximate surface area is 196 Å². The Morgan fingerprint density at radius 2 is 1.81 bits per heavy atom. The maximum atomic E-state index is 13.1. The Morgan fingerprint density at radius 1 is 1.09 bits per heavy atom. The van der Waals surface area contributed by atoms with Crippen molar-refractivity contribution in [3.63, 3.8) is 0 Å². The first-order valence-corrected chi connectivity index (χ1v) is 11.8. The number of hydrogen-bond donors (Lipinski definition) is 1. The molecule has 0 spiro atoms. The fourth-order valence-corrected chi connectivity index (χ4v) is 4.43. The highest BCUT2D eigenvalue weighted by Crippen LogP contribution is 2.21. The van der Waals surface area contributed by atoms with Crippen LogP contribution in [0.15, 0.2) is 60.0 Å². The molecule has 2 amide bonds. The lowest BCUT2D eigenvalue weighted by Gasteiger charge is -2.24. The highest BCUT2D eigenvalue weighted by atomic mass is 35.5. The summed E-state index contributed by atoms with van der Waals surface area (Å²) < 4.78 is 5.71. The molecule has 2 heterocycles. The Morgan fingerprint density at radius 3 is 2.53 bits per heavy atom. The molecule has 4 rings (SSSR count). The normalized spacial score (nSPS) is 14.2.